The van der Waals surface area contributed by atoms with E-state index >= 15 is 0 Å². The molecule has 0 aliphatic heterocycles. The van der Waals surface area contributed by atoms with Crippen molar-refractivity contribution in [3.8, 4) is 0 Å². The van der Waals surface area contributed by atoms with Crippen molar-refractivity contribution >= 4 is 0 Å². The molecule has 0 N–H and O–H groups in total. The summed E-state index contributed by atoms with van der Waals surface area (Å²) in [5.41, 5.74) is -0.271. The van der Waals surface area contributed by atoms with Crippen LogP contribution in [0.2, 0.25) is 0 Å². The summed E-state index contributed by atoms with van der Waals surface area (Å²) in [5.74, 6) is 0. The molecule has 0 fully saturated rings. The first kappa shape index (κ1) is 8.98. The molecule has 0 amide bonds. The largest absolute Gasteiger partial charge is 0.408 e. The van der Waals surface area contributed by atoms with Crippen LogP contribution in [0.1, 0.15) is 0 Å². The van der Waals surface area contributed by atoms with Crippen LogP contribution >= 0.6 is 0 Å². The van der Waals surface area contributed by atoms with E-state index in [1.54, 1.807) is 19.3 Å². The third-order valence-electron chi connectivity index (χ3n) is 0.835. The maximum atomic E-state index is 10.4. The van der Waals surface area contributed by atoms with Gasteiger partial charge in [-0.1, -0.05) is 12.4 Å². The van der Waals surface area contributed by atoms with Crippen LogP contribution in [0.15, 0.2) is 17.1 Å². The first-order chi connectivity index (χ1) is 3.80. The summed E-state index contributed by atoms with van der Waals surface area (Å²) < 4.78 is 1.39. The minimum atomic E-state index is -0.271. The molecule has 0 aromatic carbocycles. The predicted molar refractivity (Wildman–Crippen MR) is 28.3 cm³/mol. The van der Waals surface area contributed by atoms with E-state index < -0.39 is 0 Å². The number of hydrogen-bond donors (Lipinski definition) is 0. The zero-order valence-corrected chi connectivity index (χ0v) is 7.87. The fourth-order valence-electron chi connectivity index (χ4n) is 0.380. The van der Waals surface area contributed by atoms with Crippen LogP contribution in [0, 0.1) is 6.20 Å². The molecule has 9 heavy (non-hydrogen) atoms. The summed E-state index contributed by atoms with van der Waals surface area (Å²) >= 11 is 0. The smallest absolute Gasteiger partial charge is 0.229 e. The Balaban J connectivity index is 0.000000640. The zero-order chi connectivity index (χ0) is 5.98. The average Bonchev–Trinajstić information content (AvgIpc) is 1.77. The molecule has 0 aliphatic carbocycles. The van der Waals surface area contributed by atoms with Gasteiger partial charge in [0.2, 0.25) is 5.69 Å². The van der Waals surface area contributed by atoms with E-state index in [-0.39, 0.29) is 38.4 Å². The van der Waals surface area contributed by atoms with Crippen LogP contribution < -0.4 is 5.69 Å². The molecule has 1 heterocycles. The number of rotatable bonds is 0. The summed E-state index contributed by atoms with van der Waals surface area (Å²) in [6, 6.07) is 1.58. The van der Waals surface area contributed by atoms with Gasteiger partial charge in [0.15, 0.2) is 0 Å². The van der Waals surface area contributed by atoms with E-state index in [0.717, 1.165) is 0 Å². The molecule has 1 aromatic rings. The van der Waals surface area contributed by atoms with Crippen LogP contribution in [-0.2, 0) is 39.8 Å². The van der Waals surface area contributed by atoms with Gasteiger partial charge in [0.1, 0.15) is 0 Å². The molecule has 0 saturated heterocycles. The standard InChI is InChI=1S/C5H5N2O.Y/c1-7-4-2-3-6-5(7)8;/h2,4H,1H3;/q-1;. The Bertz CT molecular complexity index is 232. The van der Waals surface area contributed by atoms with E-state index in [1.807, 2.05) is 0 Å². The summed E-state index contributed by atoms with van der Waals surface area (Å²) in [7, 11) is 1.64. The number of aromatic nitrogens is 2. The van der Waals surface area contributed by atoms with Crippen molar-refractivity contribution in [1.29, 1.82) is 0 Å². The second-order valence-corrected chi connectivity index (χ2v) is 1.45. The van der Waals surface area contributed by atoms with E-state index in [4.69, 9.17) is 0 Å². The Kier molecular flexibility index (Phi) is 3.90. The van der Waals surface area contributed by atoms with Gasteiger partial charge in [0.25, 0.3) is 0 Å². The Labute approximate surface area is 78.0 Å². The molecule has 3 nitrogen and oxygen atoms in total. The maximum Gasteiger partial charge on any atom is 0.229 e. The normalized spacial score (nSPS) is 8.11. The van der Waals surface area contributed by atoms with Crippen molar-refractivity contribution in [2.24, 2.45) is 7.05 Å². The van der Waals surface area contributed by atoms with Gasteiger partial charge in [-0.05, 0) is 7.05 Å². The second-order valence-electron chi connectivity index (χ2n) is 1.45. The van der Waals surface area contributed by atoms with Crippen molar-refractivity contribution in [3.63, 3.8) is 0 Å². The van der Waals surface area contributed by atoms with Gasteiger partial charge in [0.05, 0.1) is 0 Å². The minimum absolute atomic E-state index is 0. The van der Waals surface area contributed by atoms with Crippen LogP contribution in [0.25, 0.3) is 0 Å². The molecule has 45 valence electrons. The van der Waals surface area contributed by atoms with Gasteiger partial charge in [-0.3, -0.25) is 0 Å². The molecule has 0 spiro atoms. The van der Waals surface area contributed by atoms with Crippen LogP contribution in [0.3, 0.4) is 0 Å². The van der Waals surface area contributed by atoms with Crippen LogP contribution in [-0.4, -0.2) is 9.55 Å². The van der Waals surface area contributed by atoms with Gasteiger partial charge in [-0.15, -0.1) is 6.07 Å². The van der Waals surface area contributed by atoms with Crippen molar-refractivity contribution in [1.82, 2.24) is 9.55 Å². The maximum absolute atomic E-state index is 10.4. The van der Waals surface area contributed by atoms with E-state index in [2.05, 4.69) is 11.2 Å². The van der Waals surface area contributed by atoms with Crippen LogP contribution in [0.4, 0.5) is 0 Å². The number of nitrogens with zero attached hydrogens (tertiary/aromatic N) is 2. The Morgan fingerprint density at radius 1 is 1.78 bits per heavy atom. The predicted octanol–water partition coefficient (Wildman–Crippen LogP) is -0.422. The number of hydrogen-bond acceptors (Lipinski definition) is 2. The van der Waals surface area contributed by atoms with Gasteiger partial charge >= 0.3 is 0 Å². The van der Waals surface area contributed by atoms with Gasteiger partial charge < -0.3 is 14.3 Å². The van der Waals surface area contributed by atoms with Gasteiger partial charge in [0, 0.05) is 32.7 Å². The molecule has 1 rings (SSSR count). The van der Waals surface area contributed by atoms with E-state index in [9.17, 15) is 4.79 Å². The Morgan fingerprint density at radius 2 is 2.44 bits per heavy atom. The summed E-state index contributed by atoms with van der Waals surface area (Å²) in [6.45, 7) is 0. The molecule has 0 aliphatic rings. The van der Waals surface area contributed by atoms with Crippen LogP contribution in [0.5, 0.6) is 0 Å². The minimum Gasteiger partial charge on any atom is -0.408 e. The molecule has 1 aromatic heterocycles. The summed E-state index contributed by atoms with van der Waals surface area (Å²) in [5, 5.41) is 0. The zero-order valence-electron chi connectivity index (χ0n) is 5.03. The molecule has 0 atom stereocenters. The summed E-state index contributed by atoms with van der Waals surface area (Å²) in [6.07, 6.45) is 4.02. The average molecular weight is 198 g/mol. The van der Waals surface area contributed by atoms with Crippen molar-refractivity contribution in [3.05, 3.63) is 28.9 Å². The first-order valence-electron chi connectivity index (χ1n) is 2.20. The number of aryl methyl sites for hydroxylation is 1. The first-order valence-corrected chi connectivity index (χ1v) is 2.20. The fraction of sp³-hybridized carbons (Fsp3) is 0.200. The SMILES string of the molecule is Cn1cc[c-]nc1=O.[Y]. The third-order valence-corrected chi connectivity index (χ3v) is 0.835. The van der Waals surface area contributed by atoms with E-state index in [0.29, 0.717) is 0 Å². The topological polar surface area (TPSA) is 34.9 Å². The van der Waals surface area contributed by atoms with Gasteiger partial charge in [-0.25, -0.2) is 0 Å². The Hall–Kier alpha value is -0.0161. The molecule has 4 heteroatoms. The molecule has 0 saturated carbocycles. The molecule has 0 unspecified atom stereocenters. The van der Waals surface area contributed by atoms with E-state index in [1.165, 1.54) is 4.57 Å². The molecule has 0 bridgehead atoms. The Morgan fingerprint density at radius 3 is 2.78 bits per heavy atom. The van der Waals surface area contributed by atoms with Crippen molar-refractivity contribution in [2.45, 2.75) is 0 Å². The summed E-state index contributed by atoms with van der Waals surface area (Å²) in [4.78, 5) is 13.8. The molecule has 1 radical (unpaired) electrons. The molecular weight excluding hydrogens is 193 g/mol. The van der Waals surface area contributed by atoms with Gasteiger partial charge in [-0.2, -0.15) is 0 Å². The van der Waals surface area contributed by atoms with Crippen molar-refractivity contribution < 1.29 is 32.7 Å². The second kappa shape index (κ2) is 3.91. The van der Waals surface area contributed by atoms with Crippen molar-refractivity contribution in [2.75, 3.05) is 0 Å². The molecular formula is C5H5N2OY-. The monoisotopic (exact) mass is 198 g/mol. The third kappa shape index (κ3) is 2.37. The quantitative estimate of drug-likeness (QED) is 0.530. The fourth-order valence-corrected chi connectivity index (χ4v) is 0.380.